The van der Waals surface area contributed by atoms with Crippen LogP contribution >= 0.6 is 11.3 Å². The van der Waals surface area contributed by atoms with Gasteiger partial charge >= 0.3 is 0 Å². The summed E-state index contributed by atoms with van der Waals surface area (Å²) in [6, 6.07) is 15.1. The molecule has 154 valence electrons. The molecule has 7 nitrogen and oxygen atoms in total. The number of aromatic nitrogens is 1. The summed E-state index contributed by atoms with van der Waals surface area (Å²) >= 11 is 1.38. The van der Waals surface area contributed by atoms with Crippen LogP contribution in [0, 0.1) is 0 Å². The lowest BCUT2D eigenvalue weighted by molar-refractivity contribution is -0.116. The van der Waals surface area contributed by atoms with Crippen molar-refractivity contribution in [3.05, 3.63) is 71.2 Å². The molecule has 0 spiro atoms. The maximum atomic E-state index is 13.2. The smallest absolute Gasteiger partial charge is 0.257 e. The number of hydrogen-bond donors (Lipinski definition) is 2. The summed E-state index contributed by atoms with van der Waals surface area (Å²) in [7, 11) is 1.62. The minimum absolute atomic E-state index is 0.0505. The van der Waals surface area contributed by atoms with Gasteiger partial charge in [-0.25, -0.2) is 4.98 Å². The first-order valence-electron chi connectivity index (χ1n) is 9.65. The van der Waals surface area contributed by atoms with E-state index in [-0.39, 0.29) is 18.0 Å². The summed E-state index contributed by atoms with van der Waals surface area (Å²) in [6.07, 6.45) is 2.18. The number of fused-ring (bicyclic) bond motifs is 1. The van der Waals surface area contributed by atoms with Gasteiger partial charge in [0.25, 0.3) is 5.91 Å². The highest BCUT2D eigenvalue weighted by molar-refractivity contribution is 7.13. The lowest BCUT2D eigenvalue weighted by Crippen LogP contribution is -2.43. The number of ether oxygens (including phenoxy) is 1. The molecule has 0 aliphatic carbocycles. The molecule has 1 aromatic heterocycles. The Morgan fingerprint density at radius 2 is 2.03 bits per heavy atom. The molecular formula is C22H22N4O3S. The molecule has 8 heteroatoms. The maximum Gasteiger partial charge on any atom is 0.257 e. The van der Waals surface area contributed by atoms with Crippen LogP contribution in [0.4, 0.5) is 10.8 Å². The Hall–Kier alpha value is -3.39. The van der Waals surface area contributed by atoms with Gasteiger partial charge in [-0.3, -0.25) is 9.59 Å². The Morgan fingerprint density at radius 3 is 2.77 bits per heavy atom. The van der Waals surface area contributed by atoms with Gasteiger partial charge in [0.15, 0.2) is 5.13 Å². The third-order valence-electron chi connectivity index (χ3n) is 4.94. The minimum Gasteiger partial charge on any atom is -0.497 e. The molecule has 0 bridgehead atoms. The van der Waals surface area contributed by atoms with Crippen LogP contribution in [0.5, 0.6) is 5.75 Å². The van der Waals surface area contributed by atoms with Crippen LogP contribution in [-0.2, 0) is 4.79 Å². The second-order valence-corrected chi connectivity index (χ2v) is 7.75. The largest absolute Gasteiger partial charge is 0.497 e. The summed E-state index contributed by atoms with van der Waals surface area (Å²) < 4.78 is 5.25. The molecular weight excluding hydrogens is 400 g/mol. The highest BCUT2D eigenvalue weighted by atomic mass is 32.1. The second-order valence-electron chi connectivity index (χ2n) is 6.85. The standard InChI is InChI=1S/C22H22N4O3S/c1-29-16-10-8-15(9-11-16)20-24-18-6-3-2-5-17(18)21(28)26(20)13-4-7-19(27)25-22-23-12-14-30-22/h2-3,5-6,8-12,14,20,24H,4,7,13H2,1H3,(H,23,25,27)/t20-/m1/s1. The Labute approximate surface area is 178 Å². The Morgan fingerprint density at radius 1 is 1.23 bits per heavy atom. The van der Waals surface area contributed by atoms with Gasteiger partial charge in [0, 0.05) is 30.2 Å². The summed E-state index contributed by atoms with van der Waals surface area (Å²) in [5.74, 6) is 0.598. The van der Waals surface area contributed by atoms with Gasteiger partial charge in [0.2, 0.25) is 5.91 Å². The van der Waals surface area contributed by atoms with Gasteiger partial charge in [-0.2, -0.15) is 0 Å². The monoisotopic (exact) mass is 422 g/mol. The van der Waals surface area contributed by atoms with Gasteiger partial charge in [-0.15, -0.1) is 11.3 Å². The molecule has 2 amide bonds. The molecule has 1 atom stereocenters. The van der Waals surface area contributed by atoms with E-state index in [0.29, 0.717) is 30.1 Å². The SMILES string of the molecule is COc1ccc([C@@H]2Nc3ccccc3C(=O)N2CCCC(=O)Nc2nccs2)cc1. The fraction of sp³-hybridized carbons (Fsp3) is 0.227. The van der Waals surface area contributed by atoms with Crippen molar-refractivity contribution >= 4 is 34.0 Å². The molecule has 30 heavy (non-hydrogen) atoms. The number of benzene rings is 2. The van der Waals surface area contributed by atoms with Crippen molar-refractivity contribution in [2.45, 2.75) is 19.0 Å². The number of carbonyl (C=O) groups excluding carboxylic acids is 2. The Balaban J connectivity index is 1.49. The number of amides is 2. The summed E-state index contributed by atoms with van der Waals surface area (Å²) in [5.41, 5.74) is 2.39. The highest BCUT2D eigenvalue weighted by Gasteiger charge is 2.32. The number of nitrogens with one attached hydrogen (secondary N) is 2. The van der Waals surface area contributed by atoms with Gasteiger partial charge in [0.1, 0.15) is 11.9 Å². The van der Waals surface area contributed by atoms with E-state index in [0.717, 1.165) is 17.0 Å². The zero-order valence-corrected chi connectivity index (χ0v) is 17.3. The first-order valence-corrected chi connectivity index (χ1v) is 10.5. The van der Waals surface area contributed by atoms with Crippen molar-refractivity contribution < 1.29 is 14.3 Å². The first kappa shape index (κ1) is 19.9. The van der Waals surface area contributed by atoms with E-state index in [4.69, 9.17) is 4.74 Å². The minimum atomic E-state index is -0.319. The third-order valence-corrected chi connectivity index (χ3v) is 5.62. The van der Waals surface area contributed by atoms with E-state index in [2.05, 4.69) is 15.6 Å². The fourth-order valence-corrected chi connectivity index (χ4v) is 3.99. The van der Waals surface area contributed by atoms with E-state index in [1.807, 2.05) is 53.9 Å². The molecule has 0 radical (unpaired) electrons. The first-order chi connectivity index (χ1) is 14.7. The number of anilines is 2. The van der Waals surface area contributed by atoms with Crippen LogP contribution < -0.4 is 15.4 Å². The van der Waals surface area contributed by atoms with Crippen molar-refractivity contribution in [2.24, 2.45) is 0 Å². The van der Waals surface area contributed by atoms with Crippen molar-refractivity contribution in [3.63, 3.8) is 0 Å². The van der Waals surface area contributed by atoms with E-state index in [9.17, 15) is 9.59 Å². The maximum absolute atomic E-state index is 13.2. The van der Waals surface area contributed by atoms with Crippen molar-refractivity contribution in [3.8, 4) is 5.75 Å². The molecule has 0 saturated heterocycles. The molecule has 4 rings (SSSR count). The van der Waals surface area contributed by atoms with E-state index >= 15 is 0 Å². The third kappa shape index (κ3) is 4.28. The van der Waals surface area contributed by atoms with Crippen molar-refractivity contribution in [1.29, 1.82) is 0 Å². The molecule has 0 fully saturated rings. The van der Waals surface area contributed by atoms with Gasteiger partial charge in [0.05, 0.1) is 12.7 Å². The fourth-order valence-electron chi connectivity index (χ4n) is 3.45. The average molecular weight is 423 g/mol. The topological polar surface area (TPSA) is 83.6 Å². The summed E-state index contributed by atoms with van der Waals surface area (Å²) in [4.78, 5) is 31.2. The molecule has 2 N–H and O–H groups in total. The van der Waals surface area contributed by atoms with Crippen LogP contribution in [0.25, 0.3) is 0 Å². The van der Waals surface area contributed by atoms with Gasteiger partial charge < -0.3 is 20.3 Å². The van der Waals surface area contributed by atoms with Crippen LogP contribution in [0.15, 0.2) is 60.1 Å². The lowest BCUT2D eigenvalue weighted by Gasteiger charge is -2.38. The van der Waals surface area contributed by atoms with Crippen molar-refractivity contribution in [1.82, 2.24) is 9.88 Å². The van der Waals surface area contributed by atoms with E-state index in [1.165, 1.54) is 11.3 Å². The number of carbonyl (C=O) groups is 2. The van der Waals surface area contributed by atoms with Gasteiger partial charge in [-0.05, 0) is 36.2 Å². The number of rotatable bonds is 7. The van der Waals surface area contributed by atoms with Crippen LogP contribution in [-0.4, -0.2) is 35.4 Å². The molecule has 2 heterocycles. The number of para-hydroxylation sites is 1. The molecule has 1 aliphatic heterocycles. The number of hydrogen-bond acceptors (Lipinski definition) is 6. The second kappa shape index (κ2) is 8.96. The predicted molar refractivity (Wildman–Crippen MR) is 117 cm³/mol. The van der Waals surface area contributed by atoms with Crippen LogP contribution in [0.3, 0.4) is 0 Å². The lowest BCUT2D eigenvalue weighted by atomic mass is 10.0. The van der Waals surface area contributed by atoms with E-state index < -0.39 is 0 Å². The number of methoxy groups -OCH3 is 1. The molecule has 0 saturated carbocycles. The summed E-state index contributed by atoms with van der Waals surface area (Å²) in [6.45, 7) is 0.447. The average Bonchev–Trinajstić information content (AvgIpc) is 3.28. The molecule has 1 aliphatic rings. The van der Waals surface area contributed by atoms with Gasteiger partial charge in [-0.1, -0.05) is 24.3 Å². The highest BCUT2D eigenvalue weighted by Crippen LogP contribution is 2.33. The Bertz CT molecular complexity index is 1020. The van der Waals surface area contributed by atoms with Crippen molar-refractivity contribution in [2.75, 3.05) is 24.3 Å². The molecule has 2 aromatic carbocycles. The zero-order chi connectivity index (χ0) is 20.9. The Kier molecular flexibility index (Phi) is 5.94. The quantitative estimate of drug-likeness (QED) is 0.598. The zero-order valence-electron chi connectivity index (χ0n) is 16.5. The van der Waals surface area contributed by atoms with E-state index in [1.54, 1.807) is 18.2 Å². The van der Waals surface area contributed by atoms with Crippen LogP contribution in [0.1, 0.15) is 34.9 Å². The van der Waals surface area contributed by atoms with Crippen LogP contribution in [0.2, 0.25) is 0 Å². The number of nitrogens with zero attached hydrogens (tertiary/aromatic N) is 2. The normalized spacial score (nSPS) is 15.3. The summed E-state index contributed by atoms with van der Waals surface area (Å²) in [5, 5.41) is 8.63. The molecule has 0 unspecified atom stereocenters. The molecule has 3 aromatic rings. The number of thiazole rings is 1. The predicted octanol–water partition coefficient (Wildman–Crippen LogP) is 4.14.